The van der Waals surface area contributed by atoms with Crippen LogP contribution >= 0.6 is 0 Å². The molecule has 0 fully saturated rings. The molecule has 1 nitrogen and oxygen atoms in total. The predicted octanol–water partition coefficient (Wildman–Crippen LogP) is 1.44. The Kier molecular flexibility index (Phi) is 4.20. The molecule has 0 saturated carbocycles. The Morgan fingerprint density at radius 3 is 2.41 bits per heavy atom. The molecule has 0 aliphatic rings. The van der Waals surface area contributed by atoms with Gasteiger partial charge in [0.15, 0.2) is 0 Å². The fourth-order valence-electron chi connectivity index (χ4n) is 2.58. The van der Waals surface area contributed by atoms with Crippen molar-refractivity contribution in [2.24, 2.45) is 0 Å². The van der Waals surface area contributed by atoms with Gasteiger partial charge in [0, 0.05) is 30.8 Å². The van der Waals surface area contributed by atoms with Gasteiger partial charge in [0.25, 0.3) is 0 Å². The fourth-order valence-corrected chi connectivity index (χ4v) is 9.97. The van der Waals surface area contributed by atoms with Crippen molar-refractivity contribution < 1.29 is 0 Å². The van der Waals surface area contributed by atoms with Crippen molar-refractivity contribution in [3.8, 4) is 0 Å². The standard InChI is InChI=1S/C13H21NSi3/c1-15-12(13(16-2)17-3)10-4-5-11-9(8-10)6-7-14-11/h4-8,14H,15-17H2,1-3H3. The number of rotatable bonds is 4. The van der Waals surface area contributed by atoms with E-state index in [0.717, 1.165) is 0 Å². The minimum Gasteiger partial charge on any atom is -0.361 e. The van der Waals surface area contributed by atoms with Crippen LogP contribution in [0.15, 0.2) is 35.3 Å². The molecule has 1 aromatic carbocycles. The van der Waals surface area contributed by atoms with Gasteiger partial charge >= 0.3 is 0 Å². The van der Waals surface area contributed by atoms with E-state index in [-0.39, 0.29) is 28.6 Å². The number of nitrogens with one attached hydrogen (secondary N) is 1. The van der Waals surface area contributed by atoms with Crippen LogP contribution < -0.4 is 0 Å². The normalized spacial score (nSPS) is 12.9. The van der Waals surface area contributed by atoms with Crippen molar-refractivity contribution in [2.75, 3.05) is 0 Å². The van der Waals surface area contributed by atoms with Crippen LogP contribution in [0.3, 0.4) is 0 Å². The smallest absolute Gasteiger partial charge is 0.0513 e. The maximum atomic E-state index is 3.27. The summed E-state index contributed by atoms with van der Waals surface area (Å²) in [6.45, 7) is 7.33. The van der Waals surface area contributed by atoms with Crippen LogP contribution in [0.5, 0.6) is 0 Å². The van der Waals surface area contributed by atoms with Gasteiger partial charge in [-0.15, -0.1) is 4.82 Å². The zero-order valence-electron chi connectivity index (χ0n) is 11.0. The van der Waals surface area contributed by atoms with Gasteiger partial charge in [0.2, 0.25) is 0 Å². The summed E-state index contributed by atoms with van der Waals surface area (Å²) in [6.07, 6.45) is 2.03. The lowest BCUT2D eigenvalue weighted by Crippen LogP contribution is -2.06. The Bertz CT molecular complexity index is 536. The van der Waals surface area contributed by atoms with Crippen molar-refractivity contribution in [3.63, 3.8) is 0 Å². The zero-order chi connectivity index (χ0) is 12.3. The third-order valence-electron chi connectivity index (χ3n) is 3.54. The van der Waals surface area contributed by atoms with E-state index in [1.807, 2.05) is 11.0 Å². The van der Waals surface area contributed by atoms with E-state index >= 15 is 0 Å². The highest BCUT2D eigenvalue weighted by Gasteiger charge is 2.06. The maximum Gasteiger partial charge on any atom is 0.0513 e. The number of aromatic amines is 1. The lowest BCUT2D eigenvalue weighted by molar-refractivity contribution is 1.48. The molecular weight excluding hydrogens is 254 g/mol. The van der Waals surface area contributed by atoms with Crippen LogP contribution in [-0.2, 0) is 0 Å². The van der Waals surface area contributed by atoms with Gasteiger partial charge in [-0.05, 0) is 29.1 Å². The first-order valence-electron chi connectivity index (χ1n) is 6.58. The molecule has 0 atom stereocenters. The van der Waals surface area contributed by atoms with Gasteiger partial charge in [-0.25, -0.2) is 0 Å². The SMILES string of the molecule is C[SiH2]C([SiH2]C)=C([SiH2]C)c1ccc2[nH]ccc2c1. The summed E-state index contributed by atoms with van der Waals surface area (Å²) in [7, 11) is 0.0604. The number of hydrogen-bond donors (Lipinski definition) is 1. The van der Waals surface area contributed by atoms with Crippen molar-refractivity contribution in [2.45, 2.75) is 19.6 Å². The van der Waals surface area contributed by atoms with Crippen LogP contribution in [-0.4, -0.2) is 33.5 Å². The molecule has 2 aromatic rings. The highest BCUT2D eigenvalue weighted by atomic mass is 28.3. The van der Waals surface area contributed by atoms with E-state index in [1.54, 1.807) is 5.20 Å². The minimum absolute atomic E-state index is 0.0507. The predicted molar refractivity (Wildman–Crippen MR) is 88.4 cm³/mol. The van der Waals surface area contributed by atoms with E-state index in [2.05, 4.69) is 48.9 Å². The van der Waals surface area contributed by atoms with Crippen LogP contribution in [0.25, 0.3) is 16.1 Å². The van der Waals surface area contributed by atoms with E-state index < -0.39 is 0 Å². The van der Waals surface area contributed by atoms with Crippen LogP contribution in [0.2, 0.25) is 19.6 Å². The molecule has 0 amide bonds. The maximum absolute atomic E-state index is 3.27. The molecule has 1 heterocycles. The lowest BCUT2D eigenvalue weighted by atomic mass is 10.1. The number of fused-ring (bicyclic) bond motifs is 1. The van der Waals surface area contributed by atoms with E-state index in [0.29, 0.717) is 0 Å². The van der Waals surface area contributed by atoms with Gasteiger partial charge < -0.3 is 4.98 Å². The summed E-state index contributed by atoms with van der Waals surface area (Å²) in [4.78, 5) is 5.20. The number of hydrogen-bond acceptors (Lipinski definition) is 0. The van der Waals surface area contributed by atoms with E-state index in [4.69, 9.17) is 0 Å². The van der Waals surface area contributed by atoms with Gasteiger partial charge in [0.05, 0.1) is 9.52 Å². The average molecular weight is 276 g/mol. The lowest BCUT2D eigenvalue weighted by Gasteiger charge is -2.11. The molecule has 4 heteroatoms. The summed E-state index contributed by atoms with van der Waals surface area (Å²) in [5, 5.41) is 3.15. The molecule has 1 N–H and O–H groups in total. The second-order valence-electron chi connectivity index (χ2n) is 4.42. The number of H-pyrrole nitrogens is 1. The molecule has 0 radical (unpaired) electrons. The van der Waals surface area contributed by atoms with Gasteiger partial charge in [-0.2, -0.15) is 0 Å². The largest absolute Gasteiger partial charge is 0.361 e. The Morgan fingerprint density at radius 1 is 1.00 bits per heavy atom. The molecule has 0 unspecified atom stereocenters. The summed E-state index contributed by atoms with van der Waals surface area (Å²) < 4.78 is 0. The molecule has 17 heavy (non-hydrogen) atoms. The molecule has 0 aliphatic carbocycles. The highest BCUT2D eigenvalue weighted by molar-refractivity contribution is 6.77. The molecule has 90 valence electrons. The Hall–Kier alpha value is -0.849. The third kappa shape index (κ3) is 2.53. The van der Waals surface area contributed by atoms with Crippen LogP contribution in [0.4, 0.5) is 0 Å². The van der Waals surface area contributed by atoms with Crippen molar-refractivity contribution in [1.29, 1.82) is 0 Å². The third-order valence-corrected chi connectivity index (χ3v) is 11.7. The van der Waals surface area contributed by atoms with Crippen LogP contribution in [0.1, 0.15) is 5.56 Å². The van der Waals surface area contributed by atoms with Crippen molar-refractivity contribution in [1.82, 2.24) is 4.98 Å². The first-order valence-corrected chi connectivity index (χ1v) is 12.9. The first kappa shape index (κ1) is 12.6. The molecule has 0 aliphatic heterocycles. The van der Waals surface area contributed by atoms with Gasteiger partial charge in [0.1, 0.15) is 0 Å². The van der Waals surface area contributed by atoms with E-state index in [1.165, 1.54) is 16.5 Å². The van der Waals surface area contributed by atoms with Crippen LogP contribution in [0, 0.1) is 0 Å². The van der Waals surface area contributed by atoms with Gasteiger partial charge in [-0.1, -0.05) is 30.9 Å². The Morgan fingerprint density at radius 2 is 1.76 bits per heavy atom. The monoisotopic (exact) mass is 275 g/mol. The van der Waals surface area contributed by atoms with E-state index in [9.17, 15) is 0 Å². The quantitative estimate of drug-likeness (QED) is 0.813. The zero-order valence-corrected chi connectivity index (χ0v) is 15.3. The Balaban J connectivity index is 2.52. The molecule has 0 spiro atoms. The summed E-state index contributed by atoms with van der Waals surface area (Å²) in [5.41, 5.74) is 2.78. The minimum atomic E-state index is -0.0507. The first-order chi connectivity index (χ1) is 8.30. The molecule has 0 bridgehead atoms. The molecule has 2 rings (SSSR count). The molecular formula is C13H21NSi3. The van der Waals surface area contributed by atoms with Crippen molar-refractivity contribution in [3.05, 3.63) is 40.8 Å². The summed E-state index contributed by atoms with van der Waals surface area (Å²) >= 11 is 0. The summed E-state index contributed by atoms with van der Waals surface area (Å²) in [5.74, 6) is 0. The Labute approximate surface area is 110 Å². The number of benzene rings is 1. The summed E-state index contributed by atoms with van der Waals surface area (Å²) in [6, 6.07) is 9.12. The topological polar surface area (TPSA) is 15.8 Å². The molecule has 0 saturated heterocycles. The molecule has 1 aromatic heterocycles. The second kappa shape index (κ2) is 5.66. The fraction of sp³-hybridized carbons (Fsp3) is 0.231. The van der Waals surface area contributed by atoms with Crippen molar-refractivity contribution >= 4 is 44.7 Å². The van der Waals surface area contributed by atoms with Gasteiger partial charge in [-0.3, -0.25) is 0 Å². The highest BCUT2D eigenvalue weighted by Crippen LogP contribution is 2.22. The average Bonchev–Trinajstić information content (AvgIpc) is 2.82. The second-order valence-corrected chi connectivity index (χ2v) is 9.96. The number of aromatic nitrogens is 1.